The number of carbonyl (C=O) groups is 1. The largest absolute Gasteiger partial charge is 0.373 e. The summed E-state index contributed by atoms with van der Waals surface area (Å²) in [6.45, 7) is 15.8. The first-order valence-electron chi connectivity index (χ1n) is 10.7. The number of amides is 2. The fourth-order valence-electron chi connectivity index (χ4n) is 4.37. The highest BCUT2D eigenvalue weighted by atomic mass is 16.5. The monoisotopic (exact) mass is 387 g/mol. The number of nitrogens with zero attached hydrogens (tertiary/aromatic N) is 2. The molecule has 0 radical (unpaired) electrons. The zero-order chi connectivity index (χ0) is 20.3. The van der Waals surface area contributed by atoms with Crippen molar-refractivity contribution in [3.05, 3.63) is 29.8 Å². The second kappa shape index (κ2) is 8.83. The van der Waals surface area contributed by atoms with Crippen molar-refractivity contribution in [2.45, 2.75) is 65.1 Å². The van der Waals surface area contributed by atoms with Gasteiger partial charge in [0.1, 0.15) is 0 Å². The van der Waals surface area contributed by atoms with Gasteiger partial charge in [-0.25, -0.2) is 4.79 Å². The number of urea groups is 1. The quantitative estimate of drug-likeness (QED) is 0.839. The highest BCUT2D eigenvalue weighted by Gasteiger charge is 2.28. The molecule has 1 aromatic carbocycles. The highest BCUT2D eigenvalue weighted by Crippen LogP contribution is 2.24. The van der Waals surface area contributed by atoms with Crippen LogP contribution in [0.3, 0.4) is 0 Å². The lowest BCUT2D eigenvalue weighted by Crippen LogP contribution is -2.49. The maximum atomic E-state index is 12.6. The lowest BCUT2D eigenvalue weighted by molar-refractivity contribution is -0.0728. The number of likely N-dealkylation sites (tertiary alicyclic amines) is 1. The van der Waals surface area contributed by atoms with E-state index < -0.39 is 0 Å². The predicted octanol–water partition coefficient (Wildman–Crippen LogP) is 4.34. The molecule has 2 unspecified atom stereocenters. The summed E-state index contributed by atoms with van der Waals surface area (Å²) in [6, 6.07) is 8.24. The highest BCUT2D eigenvalue weighted by molar-refractivity contribution is 5.89. The Kier molecular flexibility index (Phi) is 6.66. The molecule has 0 bridgehead atoms. The van der Waals surface area contributed by atoms with Crippen molar-refractivity contribution in [3.8, 4) is 0 Å². The van der Waals surface area contributed by atoms with Crippen LogP contribution in [-0.4, -0.2) is 60.8 Å². The van der Waals surface area contributed by atoms with Gasteiger partial charge in [-0.1, -0.05) is 32.9 Å². The molecule has 5 nitrogen and oxygen atoms in total. The maximum Gasteiger partial charge on any atom is 0.321 e. The molecule has 5 heteroatoms. The Balaban J connectivity index is 1.45. The van der Waals surface area contributed by atoms with Crippen molar-refractivity contribution in [1.82, 2.24) is 9.80 Å². The third-order valence-corrected chi connectivity index (χ3v) is 5.92. The second-order valence-corrected chi connectivity index (χ2v) is 9.66. The summed E-state index contributed by atoms with van der Waals surface area (Å²) in [5, 5.41) is 3.06. The average molecular weight is 388 g/mol. The van der Waals surface area contributed by atoms with Crippen LogP contribution in [0.4, 0.5) is 10.5 Å². The molecule has 0 saturated carbocycles. The summed E-state index contributed by atoms with van der Waals surface area (Å²) in [5.41, 5.74) is 2.27. The first kappa shape index (κ1) is 21.1. The molecular formula is C23H37N3O2. The van der Waals surface area contributed by atoms with Gasteiger partial charge in [0.2, 0.25) is 0 Å². The first-order chi connectivity index (χ1) is 13.2. The topological polar surface area (TPSA) is 44.8 Å². The van der Waals surface area contributed by atoms with Crippen LogP contribution in [-0.2, 0) is 10.2 Å². The SMILES string of the molecule is CC1CN(CC2CCN(C(=O)Nc3ccc(C(C)(C)C)cc3)CC2)CC(C)O1. The minimum Gasteiger partial charge on any atom is -0.373 e. The molecule has 156 valence electrons. The van der Waals surface area contributed by atoms with Crippen molar-refractivity contribution in [2.24, 2.45) is 5.92 Å². The number of hydrogen-bond donors (Lipinski definition) is 1. The van der Waals surface area contributed by atoms with Gasteiger partial charge in [0, 0.05) is 38.4 Å². The second-order valence-electron chi connectivity index (χ2n) is 9.66. The number of rotatable bonds is 3. The molecule has 1 N–H and O–H groups in total. The summed E-state index contributed by atoms with van der Waals surface area (Å²) >= 11 is 0. The van der Waals surface area contributed by atoms with E-state index in [9.17, 15) is 4.79 Å². The lowest BCUT2D eigenvalue weighted by atomic mass is 9.87. The van der Waals surface area contributed by atoms with Gasteiger partial charge in [-0.2, -0.15) is 0 Å². The summed E-state index contributed by atoms with van der Waals surface area (Å²) < 4.78 is 5.83. The van der Waals surface area contributed by atoms with Gasteiger partial charge in [-0.05, 0) is 55.7 Å². The van der Waals surface area contributed by atoms with Crippen LogP contribution < -0.4 is 5.32 Å². The van der Waals surface area contributed by atoms with Gasteiger partial charge >= 0.3 is 6.03 Å². The van der Waals surface area contributed by atoms with Gasteiger partial charge in [0.05, 0.1) is 12.2 Å². The molecule has 3 rings (SSSR count). The molecule has 2 atom stereocenters. The Morgan fingerprint density at radius 1 is 1.07 bits per heavy atom. The molecular weight excluding hydrogens is 350 g/mol. The molecule has 0 aliphatic carbocycles. The zero-order valence-electron chi connectivity index (χ0n) is 18.2. The van der Waals surface area contributed by atoms with E-state index in [-0.39, 0.29) is 11.4 Å². The zero-order valence-corrected chi connectivity index (χ0v) is 18.2. The van der Waals surface area contributed by atoms with Crippen molar-refractivity contribution in [1.29, 1.82) is 0 Å². The maximum absolute atomic E-state index is 12.6. The van der Waals surface area contributed by atoms with Gasteiger partial charge in [0.25, 0.3) is 0 Å². The van der Waals surface area contributed by atoms with E-state index in [1.807, 2.05) is 17.0 Å². The summed E-state index contributed by atoms with van der Waals surface area (Å²) in [4.78, 5) is 17.1. The number of hydrogen-bond acceptors (Lipinski definition) is 3. The predicted molar refractivity (Wildman–Crippen MR) is 115 cm³/mol. The average Bonchev–Trinajstić information content (AvgIpc) is 2.61. The van der Waals surface area contributed by atoms with Crippen LogP contribution >= 0.6 is 0 Å². The van der Waals surface area contributed by atoms with E-state index in [4.69, 9.17) is 4.74 Å². The fourth-order valence-corrected chi connectivity index (χ4v) is 4.37. The Labute approximate surface area is 170 Å². The van der Waals surface area contributed by atoms with E-state index in [1.54, 1.807) is 0 Å². The standard InChI is InChI=1S/C23H37N3O2/c1-17-14-25(15-18(2)28-17)16-19-10-12-26(13-11-19)22(27)24-21-8-6-20(7-9-21)23(3,4)5/h6-9,17-19H,10-16H2,1-5H3,(H,24,27). The van der Waals surface area contributed by atoms with Crippen molar-refractivity contribution >= 4 is 11.7 Å². The minimum absolute atomic E-state index is 0.0237. The lowest BCUT2D eigenvalue weighted by Gasteiger charge is -2.39. The molecule has 2 amide bonds. The fraction of sp³-hybridized carbons (Fsp3) is 0.696. The molecule has 0 spiro atoms. The number of piperidine rings is 1. The van der Waals surface area contributed by atoms with Crippen LogP contribution in [0.2, 0.25) is 0 Å². The molecule has 0 aromatic heterocycles. The van der Waals surface area contributed by atoms with Crippen LogP contribution in [0.5, 0.6) is 0 Å². The number of ether oxygens (including phenoxy) is 1. The van der Waals surface area contributed by atoms with Gasteiger partial charge in [0.15, 0.2) is 0 Å². The van der Waals surface area contributed by atoms with Gasteiger partial charge in [-0.15, -0.1) is 0 Å². The minimum atomic E-state index is 0.0237. The Morgan fingerprint density at radius 2 is 1.64 bits per heavy atom. The van der Waals surface area contributed by atoms with E-state index >= 15 is 0 Å². The molecule has 2 aliphatic heterocycles. The van der Waals surface area contributed by atoms with Gasteiger partial charge in [-0.3, -0.25) is 4.90 Å². The third kappa shape index (κ3) is 5.71. The van der Waals surface area contributed by atoms with Crippen molar-refractivity contribution < 1.29 is 9.53 Å². The smallest absolute Gasteiger partial charge is 0.321 e. The third-order valence-electron chi connectivity index (χ3n) is 5.92. The van der Waals surface area contributed by atoms with Crippen LogP contribution in [0.1, 0.15) is 53.0 Å². The molecule has 1 aromatic rings. The van der Waals surface area contributed by atoms with Gasteiger partial charge < -0.3 is 15.0 Å². The molecule has 2 heterocycles. The number of carbonyl (C=O) groups excluding carboxylic acids is 1. The van der Waals surface area contributed by atoms with E-state index in [0.29, 0.717) is 18.1 Å². The number of benzene rings is 1. The molecule has 2 fully saturated rings. The van der Waals surface area contributed by atoms with Crippen molar-refractivity contribution in [2.75, 3.05) is 38.0 Å². The van der Waals surface area contributed by atoms with Crippen LogP contribution in [0.25, 0.3) is 0 Å². The van der Waals surface area contributed by atoms with E-state index in [1.165, 1.54) is 5.56 Å². The van der Waals surface area contributed by atoms with E-state index in [2.05, 4.69) is 57.0 Å². The summed E-state index contributed by atoms with van der Waals surface area (Å²) in [6.07, 6.45) is 2.80. The summed E-state index contributed by atoms with van der Waals surface area (Å²) in [7, 11) is 0. The molecule has 2 aliphatic rings. The summed E-state index contributed by atoms with van der Waals surface area (Å²) in [5.74, 6) is 0.674. The number of nitrogens with one attached hydrogen (secondary N) is 1. The molecule has 2 saturated heterocycles. The van der Waals surface area contributed by atoms with Crippen LogP contribution in [0.15, 0.2) is 24.3 Å². The Bertz CT molecular complexity index is 635. The van der Waals surface area contributed by atoms with E-state index in [0.717, 1.165) is 51.3 Å². The number of morpholine rings is 1. The first-order valence-corrected chi connectivity index (χ1v) is 10.7. The van der Waals surface area contributed by atoms with Crippen LogP contribution in [0, 0.1) is 5.92 Å². The normalized spacial score (nSPS) is 25.0. The Morgan fingerprint density at radius 3 is 2.18 bits per heavy atom. The van der Waals surface area contributed by atoms with Crippen molar-refractivity contribution in [3.63, 3.8) is 0 Å². The molecule has 28 heavy (non-hydrogen) atoms. The Hall–Kier alpha value is -1.59. The number of anilines is 1.